The molecule has 1 aliphatic rings. The van der Waals surface area contributed by atoms with Gasteiger partial charge < -0.3 is 10.1 Å². The first-order valence-electron chi connectivity index (χ1n) is 4.53. The van der Waals surface area contributed by atoms with E-state index in [-0.39, 0.29) is 6.10 Å². The summed E-state index contributed by atoms with van der Waals surface area (Å²) in [6.45, 7) is 0. The first-order chi connectivity index (χ1) is 5.86. The minimum absolute atomic E-state index is 0.0730. The van der Waals surface area contributed by atoms with E-state index in [4.69, 9.17) is 0 Å². The second kappa shape index (κ2) is 3.27. The highest BCUT2D eigenvalue weighted by atomic mass is 16.3. The molecule has 0 bridgehead atoms. The Morgan fingerprint density at radius 2 is 2.08 bits per heavy atom. The van der Waals surface area contributed by atoms with Crippen LogP contribution < -0.4 is 0 Å². The molecule has 0 saturated heterocycles. The molecule has 1 heterocycles. The number of rotatable bonds is 1. The minimum atomic E-state index is -0.0730. The number of nitrogens with zero attached hydrogens (tertiary/aromatic N) is 1. The Morgan fingerprint density at radius 1 is 1.33 bits per heavy atom. The van der Waals surface area contributed by atoms with Crippen LogP contribution in [0.3, 0.4) is 0 Å². The molecule has 3 nitrogen and oxygen atoms in total. The molecule has 66 valence electrons. The van der Waals surface area contributed by atoms with E-state index in [1.54, 1.807) is 6.20 Å². The summed E-state index contributed by atoms with van der Waals surface area (Å²) in [5, 5.41) is 9.29. The van der Waals surface area contributed by atoms with E-state index in [1.165, 1.54) is 0 Å². The molecule has 0 unspecified atom stereocenters. The summed E-state index contributed by atoms with van der Waals surface area (Å²) < 4.78 is 0. The van der Waals surface area contributed by atoms with Crippen LogP contribution in [0.25, 0.3) is 0 Å². The van der Waals surface area contributed by atoms with E-state index in [1.807, 2.05) is 6.20 Å². The molecule has 2 N–H and O–H groups in total. The molecule has 0 amide bonds. The lowest BCUT2D eigenvalue weighted by Crippen LogP contribution is -2.17. The Labute approximate surface area is 71.8 Å². The molecule has 3 heteroatoms. The topological polar surface area (TPSA) is 48.9 Å². The maximum atomic E-state index is 9.29. The second-order valence-electron chi connectivity index (χ2n) is 3.48. The van der Waals surface area contributed by atoms with Gasteiger partial charge in [0.15, 0.2) is 0 Å². The third-order valence-electron chi connectivity index (χ3n) is 2.60. The van der Waals surface area contributed by atoms with E-state index < -0.39 is 0 Å². The van der Waals surface area contributed by atoms with Crippen molar-refractivity contribution in [1.29, 1.82) is 0 Å². The number of hydrogen-bond acceptors (Lipinski definition) is 2. The summed E-state index contributed by atoms with van der Waals surface area (Å²) in [6, 6.07) is 0. The molecular weight excluding hydrogens is 152 g/mol. The van der Waals surface area contributed by atoms with Gasteiger partial charge in [0.1, 0.15) is 5.82 Å². The Bertz CT molecular complexity index is 225. The summed E-state index contributed by atoms with van der Waals surface area (Å²) in [6.07, 6.45) is 7.55. The van der Waals surface area contributed by atoms with Gasteiger partial charge in [-0.15, -0.1) is 0 Å². The van der Waals surface area contributed by atoms with Gasteiger partial charge in [-0.25, -0.2) is 4.98 Å². The van der Waals surface area contributed by atoms with Gasteiger partial charge >= 0.3 is 0 Å². The van der Waals surface area contributed by atoms with Crippen LogP contribution in [0.4, 0.5) is 0 Å². The average molecular weight is 166 g/mol. The van der Waals surface area contributed by atoms with Crippen molar-refractivity contribution in [3.8, 4) is 0 Å². The van der Waals surface area contributed by atoms with Gasteiger partial charge in [-0.3, -0.25) is 0 Å². The van der Waals surface area contributed by atoms with Gasteiger partial charge in [-0.05, 0) is 25.7 Å². The van der Waals surface area contributed by atoms with Crippen molar-refractivity contribution in [3.63, 3.8) is 0 Å². The number of aliphatic hydroxyl groups is 1. The fourth-order valence-corrected chi connectivity index (χ4v) is 1.85. The molecule has 0 spiro atoms. The molecule has 0 aliphatic heterocycles. The van der Waals surface area contributed by atoms with E-state index in [0.29, 0.717) is 5.92 Å². The molecule has 2 rings (SSSR count). The highest BCUT2D eigenvalue weighted by Crippen LogP contribution is 2.30. The number of aromatic nitrogens is 2. The largest absolute Gasteiger partial charge is 0.393 e. The van der Waals surface area contributed by atoms with Crippen molar-refractivity contribution in [3.05, 3.63) is 18.2 Å². The lowest BCUT2D eigenvalue weighted by molar-refractivity contribution is 0.121. The van der Waals surface area contributed by atoms with E-state index >= 15 is 0 Å². The number of H-pyrrole nitrogens is 1. The fraction of sp³-hybridized carbons (Fsp3) is 0.667. The Morgan fingerprint density at radius 3 is 2.67 bits per heavy atom. The summed E-state index contributed by atoms with van der Waals surface area (Å²) >= 11 is 0. The van der Waals surface area contributed by atoms with Crippen LogP contribution in [0.2, 0.25) is 0 Å². The quantitative estimate of drug-likeness (QED) is 0.663. The second-order valence-corrected chi connectivity index (χ2v) is 3.48. The molecular formula is C9H14N2O. The van der Waals surface area contributed by atoms with Gasteiger partial charge in [0, 0.05) is 18.3 Å². The molecule has 1 saturated carbocycles. The molecule has 12 heavy (non-hydrogen) atoms. The van der Waals surface area contributed by atoms with E-state index in [9.17, 15) is 5.11 Å². The van der Waals surface area contributed by atoms with Crippen molar-refractivity contribution >= 4 is 0 Å². The Kier molecular flexibility index (Phi) is 2.13. The summed E-state index contributed by atoms with van der Waals surface area (Å²) in [4.78, 5) is 7.36. The van der Waals surface area contributed by atoms with Gasteiger partial charge in [-0.1, -0.05) is 0 Å². The van der Waals surface area contributed by atoms with Gasteiger partial charge in [-0.2, -0.15) is 0 Å². The van der Waals surface area contributed by atoms with Crippen LogP contribution in [-0.2, 0) is 0 Å². The van der Waals surface area contributed by atoms with Gasteiger partial charge in [0.05, 0.1) is 6.10 Å². The van der Waals surface area contributed by atoms with Crippen molar-refractivity contribution in [2.45, 2.75) is 37.7 Å². The smallest absolute Gasteiger partial charge is 0.109 e. The lowest BCUT2D eigenvalue weighted by atomic mass is 9.87. The number of imidazole rings is 1. The number of aliphatic hydroxyl groups excluding tert-OH is 1. The zero-order valence-corrected chi connectivity index (χ0v) is 7.03. The van der Waals surface area contributed by atoms with Crippen LogP contribution in [0.5, 0.6) is 0 Å². The van der Waals surface area contributed by atoms with Gasteiger partial charge in [0.2, 0.25) is 0 Å². The fourth-order valence-electron chi connectivity index (χ4n) is 1.85. The van der Waals surface area contributed by atoms with Crippen molar-refractivity contribution < 1.29 is 5.11 Å². The molecule has 1 fully saturated rings. The molecule has 1 aromatic heterocycles. The maximum absolute atomic E-state index is 9.29. The number of nitrogens with one attached hydrogen (secondary N) is 1. The summed E-state index contributed by atoms with van der Waals surface area (Å²) in [5.41, 5.74) is 0. The standard InChI is InChI=1S/C9H14N2O/c12-8-3-1-7(2-4-8)9-10-5-6-11-9/h5-8,12H,1-4H2,(H,10,11). The number of hydrogen-bond donors (Lipinski definition) is 2. The molecule has 0 aromatic carbocycles. The zero-order valence-electron chi connectivity index (χ0n) is 7.03. The van der Waals surface area contributed by atoms with Gasteiger partial charge in [0.25, 0.3) is 0 Å². The van der Waals surface area contributed by atoms with Crippen LogP contribution in [0, 0.1) is 0 Å². The molecule has 0 atom stereocenters. The van der Waals surface area contributed by atoms with Crippen molar-refractivity contribution in [2.24, 2.45) is 0 Å². The third kappa shape index (κ3) is 1.50. The highest BCUT2D eigenvalue weighted by Gasteiger charge is 2.21. The van der Waals surface area contributed by atoms with E-state index in [2.05, 4.69) is 9.97 Å². The van der Waals surface area contributed by atoms with E-state index in [0.717, 1.165) is 31.5 Å². The third-order valence-corrected chi connectivity index (χ3v) is 2.60. The van der Waals surface area contributed by atoms with Crippen LogP contribution in [-0.4, -0.2) is 21.2 Å². The minimum Gasteiger partial charge on any atom is -0.393 e. The zero-order chi connectivity index (χ0) is 8.39. The predicted octanol–water partition coefficient (Wildman–Crippen LogP) is 1.43. The van der Waals surface area contributed by atoms with Crippen LogP contribution in [0.15, 0.2) is 12.4 Å². The molecule has 0 radical (unpaired) electrons. The van der Waals surface area contributed by atoms with Crippen LogP contribution >= 0.6 is 0 Å². The van der Waals surface area contributed by atoms with Crippen LogP contribution in [0.1, 0.15) is 37.4 Å². The van der Waals surface area contributed by atoms with Crippen molar-refractivity contribution in [1.82, 2.24) is 9.97 Å². The SMILES string of the molecule is OC1CCC(c2ncc[nH]2)CC1. The summed E-state index contributed by atoms with van der Waals surface area (Å²) in [7, 11) is 0. The molecule has 1 aromatic rings. The lowest BCUT2D eigenvalue weighted by Gasteiger charge is -2.23. The Balaban J connectivity index is 1.99. The number of aromatic amines is 1. The first-order valence-corrected chi connectivity index (χ1v) is 4.53. The normalized spacial score (nSPS) is 30.4. The predicted molar refractivity (Wildman–Crippen MR) is 45.8 cm³/mol. The highest BCUT2D eigenvalue weighted by molar-refractivity contribution is 4.98. The first kappa shape index (κ1) is 7.80. The summed E-state index contributed by atoms with van der Waals surface area (Å²) in [5.74, 6) is 1.63. The Hall–Kier alpha value is -0.830. The van der Waals surface area contributed by atoms with Crippen molar-refractivity contribution in [2.75, 3.05) is 0 Å². The maximum Gasteiger partial charge on any atom is 0.109 e. The molecule has 1 aliphatic carbocycles. The average Bonchev–Trinajstić information content (AvgIpc) is 2.58. The monoisotopic (exact) mass is 166 g/mol.